The van der Waals surface area contributed by atoms with Crippen molar-refractivity contribution in [2.24, 2.45) is 5.73 Å². The molecule has 32 heavy (non-hydrogen) atoms. The van der Waals surface area contributed by atoms with Crippen molar-refractivity contribution in [3.05, 3.63) is 40.3 Å². The molecule has 0 bridgehead atoms. The van der Waals surface area contributed by atoms with E-state index in [2.05, 4.69) is 5.10 Å². The number of nitrogens with two attached hydrogens (primary N) is 1. The molecule has 0 unspecified atom stereocenters. The summed E-state index contributed by atoms with van der Waals surface area (Å²) in [6.45, 7) is 5.21. The van der Waals surface area contributed by atoms with Crippen LogP contribution in [0.25, 0.3) is 5.69 Å². The van der Waals surface area contributed by atoms with Gasteiger partial charge in [-0.2, -0.15) is 5.10 Å². The highest BCUT2D eigenvalue weighted by Crippen LogP contribution is 2.39. The summed E-state index contributed by atoms with van der Waals surface area (Å²) in [7, 11) is 2.86. The van der Waals surface area contributed by atoms with Gasteiger partial charge in [-0.25, -0.2) is 18.7 Å². The van der Waals surface area contributed by atoms with E-state index in [0.717, 1.165) is 0 Å². The Morgan fingerprint density at radius 3 is 2.41 bits per heavy atom. The number of aromatic nitrogens is 2. The van der Waals surface area contributed by atoms with Crippen LogP contribution in [0.15, 0.2) is 12.1 Å². The highest BCUT2D eigenvalue weighted by Gasteiger charge is 2.37. The maximum Gasteiger partial charge on any atom is 0.407 e. The van der Waals surface area contributed by atoms with Crippen molar-refractivity contribution >= 4 is 17.9 Å². The molecule has 0 saturated carbocycles. The number of ether oxygens (including phenoxy) is 2. The van der Waals surface area contributed by atoms with E-state index < -0.39 is 24.5 Å². The summed E-state index contributed by atoms with van der Waals surface area (Å²) in [5.74, 6) is -0.0290. The van der Waals surface area contributed by atoms with Gasteiger partial charge in [-0.3, -0.25) is 4.90 Å². The molecule has 3 N–H and O–H groups in total. The van der Waals surface area contributed by atoms with Gasteiger partial charge in [-0.1, -0.05) is 0 Å². The molecular weight excluding hydrogens is 421 g/mol. The molecule has 0 aliphatic carbocycles. The zero-order valence-electron chi connectivity index (χ0n) is 18.8. The van der Waals surface area contributed by atoms with Gasteiger partial charge in [0.05, 0.1) is 24.0 Å². The van der Waals surface area contributed by atoms with Gasteiger partial charge in [0, 0.05) is 32.7 Å². The Kier molecular flexibility index (Phi) is 6.70. The third-order valence-electron chi connectivity index (χ3n) is 5.74. The topological polar surface area (TPSA) is 123 Å². The van der Waals surface area contributed by atoms with Crippen LogP contribution in [-0.4, -0.2) is 65.5 Å². The third-order valence-corrected chi connectivity index (χ3v) is 5.74. The Balaban J connectivity index is 2.28. The van der Waals surface area contributed by atoms with Crippen molar-refractivity contribution in [3.8, 4) is 5.69 Å². The Labute approximate surface area is 185 Å². The molecule has 0 radical (unpaired) electrons. The molecule has 1 atom stereocenters. The number of primary amides is 1. The second-order valence-corrected chi connectivity index (χ2v) is 7.74. The van der Waals surface area contributed by atoms with Crippen LogP contribution >= 0.6 is 0 Å². The Bertz CT molecular complexity index is 1010. The van der Waals surface area contributed by atoms with E-state index in [1.807, 2.05) is 0 Å². The number of amides is 3. The molecule has 0 spiro atoms. The normalized spacial score (nSPS) is 15.7. The lowest BCUT2D eigenvalue weighted by atomic mass is 9.99. The lowest BCUT2D eigenvalue weighted by Gasteiger charge is -2.33. The number of hydrogen-bond acceptors (Lipinski definition) is 5. The first-order valence-electron chi connectivity index (χ1n) is 10.1. The average Bonchev–Trinajstić information content (AvgIpc) is 3.12. The molecule has 2 aromatic rings. The molecule has 2 heterocycles. The lowest BCUT2D eigenvalue weighted by molar-refractivity contribution is -0.0940. The van der Waals surface area contributed by atoms with Crippen LogP contribution in [-0.2, 0) is 15.9 Å². The third kappa shape index (κ3) is 4.13. The molecule has 174 valence electrons. The van der Waals surface area contributed by atoms with Gasteiger partial charge in [0.2, 0.25) is 0 Å². The summed E-state index contributed by atoms with van der Waals surface area (Å²) < 4.78 is 26.3. The number of nitrogens with zero attached hydrogens (tertiary/aromatic N) is 4. The maximum absolute atomic E-state index is 14.3. The van der Waals surface area contributed by atoms with Crippen LogP contribution in [0.1, 0.15) is 35.3 Å². The molecule has 1 aromatic heterocycles. The van der Waals surface area contributed by atoms with E-state index in [4.69, 9.17) is 15.2 Å². The van der Waals surface area contributed by atoms with Crippen LogP contribution in [0.2, 0.25) is 0 Å². The van der Waals surface area contributed by atoms with Gasteiger partial charge in [-0.15, -0.1) is 0 Å². The van der Waals surface area contributed by atoms with Crippen LogP contribution in [0, 0.1) is 19.7 Å². The second-order valence-electron chi connectivity index (χ2n) is 7.74. The molecule has 0 fully saturated rings. The minimum absolute atomic E-state index is 0.0561. The minimum Gasteiger partial charge on any atom is -0.465 e. The van der Waals surface area contributed by atoms with Crippen molar-refractivity contribution in [1.82, 2.24) is 14.7 Å². The van der Waals surface area contributed by atoms with Crippen molar-refractivity contribution < 1.29 is 28.6 Å². The van der Waals surface area contributed by atoms with Crippen LogP contribution in [0.5, 0.6) is 0 Å². The number of anilines is 1. The van der Waals surface area contributed by atoms with Gasteiger partial charge in [-0.05, 0) is 44.0 Å². The number of fused-ring (bicyclic) bond motifs is 1. The summed E-state index contributed by atoms with van der Waals surface area (Å²) >= 11 is 0. The number of carbonyl (C=O) groups is 2. The summed E-state index contributed by atoms with van der Waals surface area (Å²) in [5.41, 5.74) is 8.29. The van der Waals surface area contributed by atoms with Crippen LogP contribution < -0.4 is 10.6 Å². The molecule has 1 aliphatic rings. The number of halogens is 1. The molecule has 1 aliphatic heterocycles. The Hall–Kier alpha value is -3.18. The number of carbonyl (C=O) groups excluding carboxylic acids is 1. The second kappa shape index (κ2) is 9.13. The zero-order chi connectivity index (χ0) is 23.7. The lowest BCUT2D eigenvalue weighted by Crippen LogP contribution is -2.45. The summed E-state index contributed by atoms with van der Waals surface area (Å²) in [6.07, 6.45) is -1.50. The highest BCUT2D eigenvalue weighted by molar-refractivity contribution is 5.91. The van der Waals surface area contributed by atoms with Crippen molar-refractivity contribution in [2.75, 3.05) is 32.2 Å². The monoisotopic (exact) mass is 449 g/mol. The van der Waals surface area contributed by atoms with Crippen LogP contribution in [0.3, 0.4) is 0 Å². The van der Waals surface area contributed by atoms with E-state index in [1.165, 1.54) is 28.7 Å². The molecule has 3 rings (SSSR count). The standard InChI is InChI=1S/C21H28FN5O5/c1-11-8-14(9-12(2)18(11)22)27-19(26(20(23)28)10-16(31-4)32-5)17-13(3)25(21(29)30)7-6-15(17)24-27/h8-9,13,16H,6-7,10H2,1-5H3,(H2,23,28)(H,29,30)/t13-/m0/s1. The quantitative estimate of drug-likeness (QED) is 0.654. The number of aryl methyl sites for hydroxylation is 2. The number of benzene rings is 1. The largest absolute Gasteiger partial charge is 0.465 e. The predicted molar refractivity (Wildman–Crippen MR) is 115 cm³/mol. The summed E-state index contributed by atoms with van der Waals surface area (Å²) in [5, 5.41) is 14.3. The Morgan fingerprint density at radius 2 is 1.91 bits per heavy atom. The number of hydrogen-bond donors (Lipinski definition) is 2. The Morgan fingerprint density at radius 1 is 1.31 bits per heavy atom. The van der Waals surface area contributed by atoms with E-state index in [1.54, 1.807) is 32.9 Å². The molecule has 0 saturated heterocycles. The van der Waals surface area contributed by atoms with Gasteiger partial charge in [0.25, 0.3) is 0 Å². The molecule has 1 aromatic carbocycles. The first-order chi connectivity index (χ1) is 15.1. The fourth-order valence-electron chi connectivity index (χ4n) is 4.08. The highest BCUT2D eigenvalue weighted by atomic mass is 19.1. The average molecular weight is 449 g/mol. The molecule has 10 nitrogen and oxygen atoms in total. The van der Waals surface area contributed by atoms with Crippen molar-refractivity contribution in [1.29, 1.82) is 0 Å². The first kappa shape index (κ1) is 23.5. The zero-order valence-corrected chi connectivity index (χ0v) is 18.8. The fourth-order valence-corrected chi connectivity index (χ4v) is 4.08. The predicted octanol–water partition coefficient (Wildman–Crippen LogP) is 2.73. The fraction of sp³-hybridized carbons (Fsp3) is 0.476. The summed E-state index contributed by atoms with van der Waals surface area (Å²) in [4.78, 5) is 26.9. The maximum atomic E-state index is 14.3. The minimum atomic E-state index is -1.08. The molecule has 11 heteroatoms. The number of rotatable bonds is 6. The van der Waals surface area contributed by atoms with E-state index in [0.29, 0.717) is 40.3 Å². The molecular formula is C21H28FN5O5. The number of methoxy groups -OCH3 is 2. The van der Waals surface area contributed by atoms with E-state index in [-0.39, 0.29) is 18.9 Å². The van der Waals surface area contributed by atoms with E-state index in [9.17, 15) is 19.1 Å². The first-order valence-corrected chi connectivity index (χ1v) is 10.1. The van der Waals surface area contributed by atoms with E-state index >= 15 is 0 Å². The van der Waals surface area contributed by atoms with Crippen molar-refractivity contribution in [3.63, 3.8) is 0 Å². The van der Waals surface area contributed by atoms with Crippen LogP contribution in [0.4, 0.5) is 19.8 Å². The van der Waals surface area contributed by atoms with Gasteiger partial charge in [0.1, 0.15) is 11.6 Å². The van der Waals surface area contributed by atoms with Gasteiger partial charge < -0.3 is 25.2 Å². The van der Waals surface area contributed by atoms with Gasteiger partial charge in [0.15, 0.2) is 6.29 Å². The SMILES string of the molecule is COC(CN(C(N)=O)c1c2c(nn1-c1cc(C)c(F)c(C)c1)CCN(C(=O)O)[C@H]2C)OC. The smallest absolute Gasteiger partial charge is 0.407 e. The molecule has 3 amide bonds. The number of urea groups is 1. The number of carboxylic acid groups (broad SMARTS) is 1. The summed E-state index contributed by atoms with van der Waals surface area (Å²) in [6, 6.07) is 1.86. The van der Waals surface area contributed by atoms with Crippen molar-refractivity contribution in [2.45, 2.75) is 39.5 Å². The van der Waals surface area contributed by atoms with Gasteiger partial charge >= 0.3 is 12.1 Å².